The van der Waals surface area contributed by atoms with Gasteiger partial charge in [-0.15, -0.1) is 5.10 Å². The first kappa shape index (κ1) is 23.5. The Labute approximate surface area is 211 Å². The largest absolute Gasteiger partial charge is 0.442 e. The maximum Gasteiger partial charge on any atom is 0.414 e. The van der Waals surface area contributed by atoms with Gasteiger partial charge in [0, 0.05) is 29.9 Å². The summed E-state index contributed by atoms with van der Waals surface area (Å²) in [5, 5.41) is 11.8. The molecule has 37 heavy (non-hydrogen) atoms. The normalized spacial score (nSPS) is 24.7. The minimum atomic E-state index is -0.634. The highest BCUT2D eigenvalue weighted by Gasteiger charge is 2.41. The van der Waals surface area contributed by atoms with E-state index < -0.39 is 23.8 Å². The fourth-order valence-electron chi connectivity index (χ4n) is 4.64. The molecule has 11 nitrogen and oxygen atoms in total. The van der Waals surface area contributed by atoms with Crippen molar-refractivity contribution in [2.75, 3.05) is 18.1 Å². The number of rotatable bonds is 6. The standard InChI is InChI=1S/C25H25FN6O5/c1-25(2)34-14-23(36-25)22-10-21(29-37-22)20-6-3-15(11-27-20)18-5-4-16(9-19(18)26)32-13-17(35-24(32)33)12-31-8-7-28-30-31/h3-9,11,17,22-23H,10,12-14H2,1-2H3/t17-,22+,23-/m0/s1. The van der Waals surface area contributed by atoms with E-state index >= 15 is 4.39 Å². The minimum Gasteiger partial charge on any atom is -0.442 e. The molecule has 12 heteroatoms. The van der Waals surface area contributed by atoms with Gasteiger partial charge in [0.15, 0.2) is 11.9 Å². The SMILES string of the molecule is CC1(C)OC[C@@H]([C@H]2CC(c3ccc(-c4ccc(N5C[C@H](Cn6ccnn6)OC5=O)cc4F)cn3)=NO2)O1. The molecule has 192 valence electrons. The van der Waals surface area contributed by atoms with Crippen LogP contribution < -0.4 is 4.90 Å². The highest BCUT2D eigenvalue weighted by atomic mass is 19.1. The number of benzene rings is 1. The Kier molecular flexibility index (Phi) is 5.84. The molecule has 0 radical (unpaired) electrons. The molecular formula is C25H25FN6O5. The van der Waals surface area contributed by atoms with Crippen molar-refractivity contribution < 1.29 is 28.2 Å². The summed E-state index contributed by atoms with van der Waals surface area (Å²) in [4.78, 5) is 23.8. The summed E-state index contributed by atoms with van der Waals surface area (Å²) < 4.78 is 33.6. The first-order valence-electron chi connectivity index (χ1n) is 12.0. The molecule has 3 atom stereocenters. The van der Waals surface area contributed by atoms with Gasteiger partial charge < -0.3 is 19.0 Å². The van der Waals surface area contributed by atoms with Crippen LogP contribution in [0.3, 0.4) is 0 Å². The average molecular weight is 509 g/mol. The Morgan fingerprint density at radius 2 is 2.08 bits per heavy atom. The fourth-order valence-corrected chi connectivity index (χ4v) is 4.64. The Bertz CT molecular complexity index is 1330. The fraction of sp³-hybridized carbons (Fsp3) is 0.400. The van der Waals surface area contributed by atoms with Crippen molar-refractivity contribution in [2.24, 2.45) is 5.16 Å². The van der Waals surface area contributed by atoms with E-state index in [0.717, 1.165) is 0 Å². The van der Waals surface area contributed by atoms with Gasteiger partial charge >= 0.3 is 6.09 Å². The summed E-state index contributed by atoms with van der Waals surface area (Å²) >= 11 is 0. The third-order valence-corrected chi connectivity index (χ3v) is 6.51. The zero-order valence-corrected chi connectivity index (χ0v) is 20.3. The number of oxime groups is 1. The number of pyridine rings is 1. The number of hydrogen-bond donors (Lipinski definition) is 0. The predicted octanol–water partition coefficient (Wildman–Crippen LogP) is 3.15. The van der Waals surface area contributed by atoms with Crippen LogP contribution in [0.4, 0.5) is 14.9 Å². The summed E-state index contributed by atoms with van der Waals surface area (Å²) in [5.41, 5.74) is 2.75. The minimum absolute atomic E-state index is 0.200. The Morgan fingerprint density at radius 1 is 1.19 bits per heavy atom. The molecule has 0 bridgehead atoms. The molecule has 6 rings (SSSR count). The van der Waals surface area contributed by atoms with Crippen molar-refractivity contribution in [1.82, 2.24) is 20.0 Å². The number of halogens is 1. The lowest BCUT2D eigenvalue weighted by Crippen LogP contribution is -2.31. The van der Waals surface area contributed by atoms with Crippen LogP contribution in [-0.2, 0) is 25.6 Å². The number of ether oxygens (including phenoxy) is 3. The molecule has 3 aliphatic rings. The summed E-state index contributed by atoms with van der Waals surface area (Å²) in [5.74, 6) is -1.10. The quantitative estimate of drug-likeness (QED) is 0.499. The Balaban J connectivity index is 1.11. The molecule has 0 aliphatic carbocycles. The number of hydrogen-bond acceptors (Lipinski definition) is 9. The van der Waals surface area contributed by atoms with Crippen molar-refractivity contribution in [1.29, 1.82) is 0 Å². The van der Waals surface area contributed by atoms with Gasteiger partial charge in [-0.3, -0.25) is 9.88 Å². The Morgan fingerprint density at radius 3 is 2.78 bits per heavy atom. The van der Waals surface area contributed by atoms with Crippen LogP contribution >= 0.6 is 0 Å². The molecule has 2 fully saturated rings. The first-order chi connectivity index (χ1) is 17.8. The van der Waals surface area contributed by atoms with Crippen LogP contribution in [-0.4, -0.2) is 69.0 Å². The number of carbonyl (C=O) groups is 1. The zero-order valence-electron chi connectivity index (χ0n) is 20.3. The first-order valence-corrected chi connectivity index (χ1v) is 12.0. The number of aromatic nitrogens is 4. The van der Waals surface area contributed by atoms with E-state index in [2.05, 4.69) is 20.5 Å². The van der Waals surface area contributed by atoms with Gasteiger partial charge in [0.05, 0.1) is 37.3 Å². The molecule has 1 amide bonds. The maximum absolute atomic E-state index is 15.1. The summed E-state index contributed by atoms with van der Waals surface area (Å²) in [7, 11) is 0. The summed E-state index contributed by atoms with van der Waals surface area (Å²) in [6.45, 7) is 4.83. The molecule has 0 N–H and O–H groups in total. The molecular weight excluding hydrogens is 483 g/mol. The van der Waals surface area contributed by atoms with E-state index in [1.54, 1.807) is 47.5 Å². The molecule has 0 unspecified atom stereocenters. The van der Waals surface area contributed by atoms with E-state index in [0.29, 0.717) is 47.8 Å². The lowest BCUT2D eigenvalue weighted by atomic mass is 10.0. The van der Waals surface area contributed by atoms with Crippen LogP contribution in [0.15, 0.2) is 54.1 Å². The van der Waals surface area contributed by atoms with Crippen molar-refractivity contribution in [3.8, 4) is 11.1 Å². The number of cyclic esters (lactones) is 1. The smallest absolute Gasteiger partial charge is 0.414 e. The summed E-state index contributed by atoms with van der Waals surface area (Å²) in [6.07, 6.45) is 4.01. The van der Waals surface area contributed by atoms with Gasteiger partial charge in [-0.25, -0.2) is 13.9 Å². The maximum atomic E-state index is 15.1. The van der Waals surface area contributed by atoms with Gasteiger partial charge in [-0.05, 0) is 38.1 Å². The van der Waals surface area contributed by atoms with E-state index in [-0.39, 0.29) is 18.8 Å². The molecule has 2 aromatic heterocycles. The van der Waals surface area contributed by atoms with Crippen LogP contribution in [0.25, 0.3) is 11.1 Å². The average Bonchev–Trinajstić information content (AvgIpc) is 3.67. The molecule has 2 saturated heterocycles. The lowest BCUT2D eigenvalue weighted by Gasteiger charge is -2.19. The predicted molar refractivity (Wildman–Crippen MR) is 128 cm³/mol. The van der Waals surface area contributed by atoms with E-state index in [4.69, 9.17) is 19.0 Å². The van der Waals surface area contributed by atoms with Gasteiger partial charge in [-0.2, -0.15) is 0 Å². The van der Waals surface area contributed by atoms with Crippen LogP contribution in [0, 0.1) is 5.82 Å². The van der Waals surface area contributed by atoms with Gasteiger partial charge in [0.2, 0.25) is 0 Å². The van der Waals surface area contributed by atoms with E-state index in [1.165, 1.54) is 11.0 Å². The van der Waals surface area contributed by atoms with Crippen LogP contribution in [0.1, 0.15) is 26.0 Å². The topological polar surface area (TPSA) is 113 Å². The second-order valence-electron chi connectivity index (χ2n) is 9.59. The monoisotopic (exact) mass is 508 g/mol. The van der Waals surface area contributed by atoms with E-state index in [1.807, 2.05) is 13.8 Å². The summed E-state index contributed by atoms with van der Waals surface area (Å²) in [6, 6.07) is 8.22. The third-order valence-electron chi connectivity index (χ3n) is 6.51. The second kappa shape index (κ2) is 9.20. The van der Waals surface area contributed by atoms with Crippen molar-refractivity contribution in [3.63, 3.8) is 0 Å². The molecule has 0 spiro atoms. The van der Waals surface area contributed by atoms with Crippen molar-refractivity contribution in [2.45, 2.75) is 50.9 Å². The molecule has 1 aromatic carbocycles. The van der Waals surface area contributed by atoms with Gasteiger partial charge in [-0.1, -0.05) is 16.4 Å². The highest BCUT2D eigenvalue weighted by Crippen LogP contribution is 2.31. The number of amides is 1. The van der Waals surface area contributed by atoms with Crippen LogP contribution in [0.5, 0.6) is 0 Å². The van der Waals surface area contributed by atoms with Crippen molar-refractivity contribution in [3.05, 3.63) is 60.4 Å². The molecule has 5 heterocycles. The molecule has 3 aromatic rings. The van der Waals surface area contributed by atoms with E-state index in [9.17, 15) is 4.79 Å². The Hall–Kier alpha value is -3.90. The van der Waals surface area contributed by atoms with Gasteiger partial charge in [0.1, 0.15) is 23.7 Å². The number of carbonyl (C=O) groups excluding carboxylic acids is 1. The number of nitrogens with zero attached hydrogens (tertiary/aromatic N) is 6. The molecule has 3 aliphatic heterocycles. The highest BCUT2D eigenvalue weighted by molar-refractivity contribution is 5.99. The second-order valence-corrected chi connectivity index (χ2v) is 9.59. The number of anilines is 1. The van der Waals surface area contributed by atoms with Gasteiger partial charge in [0.25, 0.3) is 0 Å². The zero-order chi connectivity index (χ0) is 25.6. The lowest BCUT2D eigenvalue weighted by molar-refractivity contribution is -0.153. The van der Waals surface area contributed by atoms with Crippen LogP contribution in [0.2, 0.25) is 0 Å². The third kappa shape index (κ3) is 4.77. The molecule has 0 saturated carbocycles. The van der Waals surface area contributed by atoms with Crippen molar-refractivity contribution >= 4 is 17.5 Å².